The van der Waals surface area contributed by atoms with Gasteiger partial charge in [-0.1, -0.05) is 30.3 Å². The van der Waals surface area contributed by atoms with Gasteiger partial charge >= 0.3 is 5.97 Å². The van der Waals surface area contributed by atoms with Crippen molar-refractivity contribution in [3.8, 4) is 0 Å². The lowest BCUT2D eigenvalue weighted by Crippen LogP contribution is -2.25. The molecule has 1 aromatic heterocycles. The third kappa shape index (κ3) is 6.12. The smallest absolute Gasteiger partial charge is 0.332 e. The average molecular weight is 550 g/mol. The first-order valence-corrected chi connectivity index (χ1v) is 10.4. The van der Waals surface area contributed by atoms with E-state index in [1.165, 1.54) is 24.3 Å². The van der Waals surface area contributed by atoms with Gasteiger partial charge in [-0.2, -0.15) is 0 Å². The highest BCUT2D eigenvalue weighted by molar-refractivity contribution is 9.10. The Kier molecular flexibility index (Phi) is 7.37. The average Bonchev–Trinajstić information content (AvgIpc) is 3.17. The number of hydrogen-bond acceptors (Lipinski definition) is 6. The molecular weight excluding hydrogens is 536 g/mol. The molecule has 1 amide bonds. The van der Waals surface area contributed by atoms with Gasteiger partial charge in [0.1, 0.15) is 5.76 Å². The zero-order valence-electron chi connectivity index (χ0n) is 15.7. The minimum absolute atomic E-state index is 0.134. The van der Waals surface area contributed by atoms with E-state index in [1.54, 1.807) is 42.5 Å². The molecule has 1 N–H and O–H groups in total. The van der Waals surface area contributed by atoms with E-state index in [-0.39, 0.29) is 5.69 Å². The molecular formula is C21H14Br2N2O6. The Labute approximate surface area is 193 Å². The van der Waals surface area contributed by atoms with Crippen LogP contribution in [0.1, 0.15) is 17.4 Å². The summed E-state index contributed by atoms with van der Waals surface area (Å²) in [6.07, 6.45) is 1.32. The van der Waals surface area contributed by atoms with Gasteiger partial charge in [0.2, 0.25) is 6.10 Å². The van der Waals surface area contributed by atoms with Crippen molar-refractivity contribution in [3.05, 3.63) is 97.3 Å². The molecule has 1 unspecified atom stereocenters. The number of carbonyl (C=O) groups is 2. The maximum Gasteiger partial charge on any atom is 0.332 e. The number of hydrogen-bond donors (Lipinski definition) is 1. The number of nitro benzene ring substituents is 1. The number of nitro groups is 1. The van der Waals surface area contributed by atoms with Crippen molar-refractivity contribution in [2.75, 3.05) is 5.32 Å². The largest absolute Gasteiger partial charge is 0.450 e. The van der Waals surface area contributed by atoms with E-state index in [0.717, 1.165) is 6.08 Å². The van der Waals surface area contributed by atoms with Crippen LogP contribution in [0.5, 0.6) is 0 Å². The molecule has 0 aliphatic carbocycles. The SMILES string of the molecule is O=C(C=Cc1ccc(Br)o1)OC(C(=O)Nc1ccc([N+](=O)[O-])cc1Br)c1ccccc1. The highest BCUT2D eigenvalue weighted by Crippen LogP contribution is 2.29. The Balaban J connectivity index is 1.79. The summed E-state index contributed by atoms with van der Waals surface area (Å²) in [6, 6.07) is 15.7. The summed E-state index contributed by atoms with van der Waals surface area (Å²) >= 11 is 6.37. The second-order valence-corrected chi connectivity index (χ2v) is 7.75. The molecule has 8 nitrogen and oxygen atoms in total. The second kappa shape index (κ2) is 10.2. The minimum atomic E-state index is -1.25. The normalized spacial score (nSPS) is 11.8. The van der Waals surface area contributed by atoms with Crippen molar-refractivity contribution in [3.63, 3.8) is 0 Å². The molecule has 0 bridgehead atoms. The molecule has 0 aliphatic rings. The fourth-order valence-corrected chi connectivity index (χ4v) is 3.33. The van der Waals surface area contributed by atoms with Gasteiger partial charge in [-0.15, -0.1) is 0 Å². The number of nitrogens with zero attached hydrogens (tertiary/aromatic N) is 1. The number of rotatable bonds is 7. The van der Waals surface area contributed by atoms with Crippen molar-refractivity contribution in [2.24, 2.45) is 0 Å². The number of ether oxygens (including phenoxy) is 1. The summed E-state index contributed by atoms with van der Waals surface area (Å²) < 4.78 is 11.5. The van der Waals surface area contributed by atoms with Gasteiger partial charge in [-0.25, -0.2) is 4.79 Å². The standard InChI is InChI=1S/C21H14Br2N2O6/c22-16-12-14(25(28)29)6-9-17(16)24-21(27)20(13-4-2-1-3-5-13)31-19(26)11-8-15-7-10-18(23)30-15/h1-12,20H,(H,24,27). The molecule has 158 valence electrons. The van der Waals surface area contributed by atoms with Crippen LogP contribution >= 0.6 is 31.9 Å². The third-order valence-electron chi connectivity index (χ3n) is 3.97. The van der Waals surface area contributed by atoms with Crippen LogP contribution in [0, 0.1) is 10.1 Å². The van der Waals surface area contributed by atoms with E-state index < -0.39 is 22.9 Å². The van der Waals surface area contributed by atoms with E-state index in [4.69, 9.17) is 9.15 Å². The zero-order chi connectivity index (χ0) is 22.4. The number of non-ortho nitro benzene ring substituents is 1. The molecule has 0 fully saturated rings. The van der Waals surface area contributed by atoms with Crippen LogP contribution in [0.3, 0.4) is 0 Å². The van der Waals surface area contributed by atoms with Crippen LogP contribution in [0.2, 0.25) is 0 Å². The van der Waals surface area contributed by atoms with Gasteiger partial charge in [-0.3, -0.25) is 14.9 Å². The monoisotopic (exact) mass is 548 g/mol. The quantitative estimate of drug-likeness (QED) is 0.176. The number of amides is 1. The maximum absolute atomic E-state index is 12.9. The first-order valence-electron chi connectivity index (χ1n) is 8.77. The van der Waals surface area contributed by atoms with E-state index in [1.807, 2.05) is 0 Å². The summed E-state index contributed by atoms with van der Waals surface area (Å²) in [5.41, 5.74) is 0.620. The molecule has 0 aliphatic heterocycles. The van der Waals surface area contributed by atoms with E-state index in [0.29, 0.717) is 26.2 Å². The number of esters is 1. The van der Waals surface area contributed by atoms with E-state index >= 15 is 0 Å². The summed E-state index contributed by atoms with van der Waals surface area (Å²) in [5.74, 6) is -0.943. The predicted octanol–water partition coefficient (Wildman–Crippen LogP) is 5.65. The van der Waals surface area contributed by atoms with Crippen molar-refractivity contribution in [1.29, 1.82) is 0 Å². The Hall–Kier alpha value is -3.24. The van der Waals surface area contributed by atoms with Crippen LogP contribution in [-0.4, -0.2) is 16.8 Å². The second-order valence-electron chi connectivity index (χ2n) is 6.11. The van der Waals surface area contributed by atoms with Crippen LogP contribution in [-0.2, 0) is 14.3 Å². The molecule has 0 saturated heterocycles. The van der Waals surface area contributed by atoms with Crippen molar-refractivity contribution in [2.45, 2.75) is 6.10 Å². The summed E-state index contributed by atoms with van der Waals surface area (Å²) in [5, 5.41) is 13.5. The van der Waals surface area contributed by atoms with Gasteiger partial charge < -0.3 is 14.5 Å². The Morgan fingerprint density at radius 3 is 2.45 bits per heavy atom. The Morgan fingerprint density at radius 1 is 1.10 bits per heavy atom. The number of benzene rings is 2. The molecule has 1 atom stereocenters. The van der Waals surface area contributed by atoms with Crippen molar-refractivity contribution < 1.29 is 23.7 Å². The number of halogens is 2. The third-order valence-corrected chi connectivity index (χ3v) is 5.06. The molecule has 0 radical (unpaired) electrons. The van der Waals surface area contributed by atoms with Gasteiger partial charge in [0.05, 0.1) is 10.6 Å². The highest BCUT2D eigenvalue weighted by atomic mass is 79.9. The predicted molar refractivity (Wildman–Crippen MR) is 120 cm³/mol. The molecule has 0 saturated carbocycles. The molecule has 1 heterocycles. The molecule has 0 spiro atoms. The van der Waals surface area contributed by atoms with Gasteiger partial charge in [-0.05, 0) is 56.1 Å². The fraction of sp³-hybridized carbons (Fsp3) is 0.0476. The summed E-state index contributed by atoms with van der Waals surface area (Å²) in [4.78, 5) is 35.6. The van der Waals surface area contributed by atoms with E-state index in [9.17, 15) is 19.7 Å². The lowest BCUT2D eigenvalue weighted by molar-refractivity contribution is -0.384. The molecule has 3 aromatic rings. The van der Waals surface area contributed by atoms with Crippen molar-refractivity contribution in [1.82, 2.24) is 0 Å². The van der Waals surface area contributed by atoms with Crippen LogP contribution in [0.15, 0.2) is 80.3 Å². The number of furan rings is 1. The zero-order valence-corrected chi connectivity index (χ0v) is 18.8. The first kappa shape index (κ1) is 22.4. The van der Waals surface area contributed by atoms with Gasteiger partial charge in [0, 0.05) is 28.2 Å². The van der Waals surface area contributed by atoms with Crippen molar-refractivity contribution >= 4 is 61.2 Å². The molecule has 3 rings (SSSR count). The minimum Gasteiger partial charge on any atom is -0.450 e. The van der Waals surface area contributed by atoms with Gasteiger partial charge in [0.25, 0.3) is 11.6 Å². The lowest BCUT2D eigenvalue weighted by Gasteiger charge is -2.17. The first-order chi connectivity index (χ1) is 14.8. The lowest BCUT2D eigenvalue weighted by atomic mass is 10.1. The number of nitrogens with one attached hydrogen (secondary N) is 1. The summed E-state index contributed by atoms with van der Waals surface area (Å²) in [6.45, 7) is 0. The van der Waals surface area contributed by atoms with Crippen LogP contribution in [0.4, 0.5) is 11.4 Å². The Bertz CT molecular complexity index is 1140. The maximum atomic E-state index is 12.9. The topological polar surface area (TPSA) is 112 Å². The molecule has 31 heavy (non-hydrogen) atoms. The molecule has 2 aromatic carbocycles. The van der Waals surface area contributed by atoms with E-state index in [2.05, 4.69) is 37.2 Å². The fourth-order valence-electron chi connectivity index (χ4n) is 2.54. The van der Waals surface area contributed by atoms with Crippen LogP contribution in [0.25, 0.3) is 6.08 Å². The number of carbonyl (C=O) groups excluding carboxylic acids is 2. The number of anilines is 1. The van der Waals surface area contributed by atoms with Gasteiger partial charge in [0.15, 0.2) is 4.67 Å². The van der Waals surface area contributed by atoms with Crippen LogP contribution < -0.4 is 5.32 Å². The molecule has 10 heteroatoms. The highest BCUT2D eigenvalue weighted by Gasteiger charge is 2.25. The Morgan fingerprint density at radius 2 is 1.84 bits per heavy atom. The summed E-state index contributed by atoms with van der Waals surface area (Å²) in [7, 11) is 0.